The minimum Gasteiger partial charge on any atom is -0.274 e. The summed E-state index contributed by atoms with van der Waals surface area (Å²) < 4.78 is 11.0. The second-order valence-corrected chi connectivity index (χ2v) is 0.603. The van der Waals surface area contributed by atoms with Gasteiger partial charge in [-0.25, -0.2) is 0 Å². The van der Waals surface area contributed by atoms with Crippen LogP contribution in [0.25, 0.3) is 0 Å². The monoisotopic (exact) mass is 79.0 g/mol. The molecule has 0 aliphatic heterocycles. The minimum atomic E-state index is 0.125. The third kappa shape index (κ3) is 3.85. The van der Waals surface area contributed by atoms with Crippen LogP contribution in [0.4, 0.5) is 4.48 Å². The van der Waals surface area contributed by atoms with E-state index in [4.69, 9.17) is 0 Å². The highest BCUT2D eigenvalue weighted by atomic mass is 19.2. The van der Waals surface area contributed by atoms with E-state index in [1.54, 1.807) is 0 Å². The van der Waals surface area contributed by atoms with Crippen molar-refractivity contribution in [1.29, 1.82) is 0 Å². The quantitative estimate of drug-likeness (QED) is 0.332. The zero-order chi connectivity index (χ0) is 4.28. The van der Waals surface area contributed by atoms with E-state index in [1.165, 1.54) is 14.2 Å². The number of hydroxylamine groups is 1. The van der Waals surface area contributed by atoms with Gasteiger partial charge in [-0.3, -0.25) is 4.84 Å². The molecule has 2 nitrogen and oxygen atoms in total. The molecule has 0 aliphatic rings. The van der Waals surface area contributed by atoms with Crippen molar-refractivity contribution < 1.29 is 9.32 Å². The van der Waals surface area contributed by atoms with Crippen molar-refractivity contribution in [2.24, 2.45) is 0 Å². The summed E-state index contributed by atoms with van der Waals surface area (Å²) in [6.07, 6.45) is 0. The Morgan fingerprint density at radius 3 is 2.00 bits per heavy atom. The summed E-state index contributed by atoms with van der Waals surface area (Å²) in [5, 5.41) is 0.125. The van der Waals surface area contributed by atoms with E-state index in [-0.39, 0.29) is 5.29 Å². The Hall–Kier alpha value is -0.150. The molecule has 0 unspecified atom stereocenters. The molecule has 0 saturated carbocycles. The van der Waals surface area contributed by atoms with Crippen LogP contribution in [-0.4, -0.2) is 19.4 Å². The molecule has 0 aromatic heterocycles. The maximum atomic E-state index is 11.0. The Bertz CT molecular complexity index is 23.6. The summed E-state index contributed by atoms with van der Waals surface area (Å²) in [5.41, 5.74) is 0. The van der Waals surface area contributed by atoms with Gasteiger partial charge in [-0.1, -0.05) is 0 Å². The Balaban J connectivity index is 2.54. The molecule has 32 valence electrons. The van der Waals surface area contributed by atoms with Gasteiger partial charge in [0.25, 0.3) is 0 Å². The van der Waals surface area contributed by atoms with Gasteiger partial charge in [0.05, 0.1) is 7.11 Å². The first kappa shape index (κ1) is 4.85. The molecule has 0 amide bonds. The van der Waals surface area contributed by atoms with Crippen LogP contribution in [0.3, 0.4) is 0 Å². The summed E-state index contributed by atoms with van der Waals surface area (Å²) in [4.78, 5) is 3.92. The molecular weight excluding hydrogens is 73.0 g/mol. The molecule has 0 N–H and O–H groups in total. The standard InChI is InChI=1S/C2H6FNO/c1-4(3)5-2/h1-2H3. The fourth-order valence-electron chi connectivity index (χ4n) is 0. The molecule has 0 fully saturated rings. The number of nitrogens with zero attached hydrogens (tertiary/aromatic N) is 1. The van der Waals surface area contributed by atoms with Gasteiger partial charge in [0, 0.05) is 7.05 Å². The number of hydrogen-bond donors (Lipinski definition) is 0. The molecule has 0 rings (SSSR count). The molecule has 5 heavy (non-hydrogen) atoms. The maximum Gasteiger partial charge on any atom is 0.0604 e. The Kier molecular flexibility index (Phi) is 2.05. The Labute approximate surface area is 30.0 Å². The molecule has 3 heteroatoms. The molecule has 0 aromatic rings. The Morgan fingerprint density at radius 1 is 1.80 bits per heavy atom. The van der Waals surface area contributed by atoms with Crippen molar-refractivity contribution in [2.75, 3.05) is 14.2 Å². The van der Waals surface area contributed by atoms with Crippen LogP contribution in [0, 0.1) is 0 Å². The van der Waals surface area contributed by atoms with Crippen LogP contribution < -0.4 is 0 Å². The van der Waals surface area contributed by atoms with Crippen molar-refractivity contribution in [1.82, 2.24) is 5.29 Å². The van der Waals surface area contributed by atoms with Crippen molar-refractivity contribution in [3.63, 3.8) is 0 Å². The van der Waals surface area contributed by atoms with Gasteiger partial charge in [0.1, 0.15) is 0 Å². The molecule has 0 bridgehead atoms. The highest BCUT2D eigenvalue weighted by Gasteiger charge is 1.77. The van der Waals surface area contributed by atoms with Crippen LogP contribution >= 0.6 is 0 Å². The molecule has 0 heterocycles. The molecule has 0 atom stereocenters. The SMILES string of the molecule is CON(C)F. The van der Waals surface area contributed by atoms with Crippen LogP contribution in [0.15, 0.2) is 0 Å². The van der Waals surface area contributed by atoms with Crippen LogP contribution in [0.2, 0.25) is 0 Å². The van der Waals surface area contributed by atoms with Crippen LogP contribution in [0.1, 0.15) is 0 Å². The fourth-order valence-corrected chi connectivity index (χ4v) is 0. The van der Waals surface area contributed by atoms with Gasteiger partial charge in [0.2, 0.25) is 0 Å². The lowest BCUT2D eigenvalue weighted by molar-refractivity contribution is -0.241. The number of hydrogen-bond acceptors (Lipinski definition) is 2. The summed E-state index contributed by atoms with van der Waals surface area (Å²) in [6.45, 7) is 0. The molecule has 0 aromatic carbocycles. The first-order valence-corrected chi connectivity index (χ1v) is 1.21. The van der Waals surface area contributed by atoms with E-state index < -0.39 is 0 Å². The van der Waals surface area contributed by atoms with E-state index in [1.807, 2.05) is 0 Å². The van der Waals surface area contributed by atoms with Gasteiger partial charge in [-0.15, -0.1) is 4.48 Å². The summed E-state index contributed by atoms with van der Waals surface area (Å²) in [6, 6.07) is 0. The summed E-state index contributed by atoms with van der Waals surface area (Å²) in [7, 11) is 2.42. The molecule has 0 spiro atoms. The van der Waals surface area contributed by atoms with E-state index in [0.29, 0.717) is 0 Å². The lowest BCUT2D eigenvalue weighted by atomic mass is 11.5. The highest BCUT2D eigenvalue weighted by molar-refractivity contribution is 3.78. The van der Waals surface area contributed by atoms with Gasteiger partial charge < -0.3 is 0 Å². The summed E-state index contributed by atoms with van der Waals surface area (Å²) >= 11 is 0. The lowest BCUT2D eigenvalue weighted by Gasteiger charge is -1.94. The maximum absolute atomic E-state index is 11.0. The zero-order valence-electron chi connectivity index (χ0n) is 3.23. The fraction of sp³-hybridized carbons (Fsp3) is 1.00. The first-order valence-electron chi connectivity index (χ1n) is 1.21. The third-order valence-corrected chi connectivity index (χ3v) is 0.252. The van der Waals surface area contributed by atoms with E-state index >= 15 is 0 Å². The van der Waals surface area contributed by atoms with Gasteiger partial charge in [-0.2, -0.15) is 0 Å². The van der Waals surface area contributed by atoms with E-state index in [0.717, 1.165) is 0 Å². The highest BCUT2D eigenvalue weighted by Crippen LogP contribution is 1.74. The first-order chi connectivity index (χ1) is 2.27. The average Bonchev–Trinajstić information content (AvgIpc) is 1.38. The van der Waals surface area contributed by atoms with Gasteiger partial charge in [0.15, 0.2) is 0 Å². The third-order valence-electron chi connectivity index (χ3n) is 0.252. The average molecular weight is 79.1 g/mol. The van der Waals surface area contributed by atoms with Crippen molar-refractivity contribution >= 4 is 0 Å². The normalized spacial score (nSPS) is 9.60. The predicted molar refractivity (Wildman–Crippen MR) is 15.9 cm³/mol. The number of halogens is 1. The molecular formula is C2H6FNO. The second-order valence-electron chi connectivity index (χ2n) is 0.603. The van der Waals surface area contributed by atoms with E-state index in [2.05, 4.69) is 4.84 Å². The van der Waals surface area contributed by atoms with Crippen molar-refractivity contribution in [3.8, 4) is 0 Å². The van der Waals surface area contributed by atoms with Crippen molar-refractivity contribution in [2.45, 2.75) is 0 Å². The smallest absolute Gasteiger partial charge is 0.0604 e. The largest absolute Gasteiger partial charge is 0.274 e. The van der Waals surface area contributed by atoms with E-state index in [9.17, 15) is 4.48 Å². The summed E-state index contributed by atoms with van der Waals surface area (Å²) in [5.74, 6) is 0. The topological polar surface area (TPSA) is 12.5 Å². The lowest BCUT2D eigenvalue weighted by Crippen LogP contribution is -2.01. The van der Waals surface area contributed by atoms with Crippen LogP contribution in [-0.2, 0) is 4.84 Å². The Morgan fingerprint density at radius 2 is 2.00 bits per heavy atom. The number of rotatable bonds is 1. The molecule has 0 saturated heterocycles. The predicted octanol–water partition coefficient (Wildman–Crippen LogP) is 0.364. The van der Waals surface area contributed by atoms with Crippen molar-refractivity contribution in [3.05, 3.63) is 0 Å². The second kappa shape index (κ2) is 2.11. The molecule has 0 aliphatic carbocycles. The van der Waals surface area contributed by atoms with Gasteiger partial charge >= 0.3 is 0 Å². The minimum absolute atomic E-state index is 0.125. The zero-order valence-corrected chi connectivity index (χ0v) is 3.23. The van der Waals surface area contributed by atoms with Crippen LogP contribution in [0.5, 0.6) is 0 Å². The molecule has 0 radical (unpaired) electrons. The van der Waals surface area contributed by atoms with Gasteiger partial charge in [-0.05, 0) is 5.29 Å².